The summed E-state index contributed by atoms with van der Waals surface area (Å²) >= 11 is 3.42. The number of hydrogen-bond donors (Lipinski definition) is 0. The van der Waals surface area contributed by atoms with E-state index in [1.54, 1.807) is 0 Å². The fourth-order valence-corrected chi connectivity index (χ4v) is 2.36. The molecule has 0 unspecified atom stereocenters. The molecule has 0 amide bonds. The summed E-state index contributed by atoms with van der Waals surface area (Å²) in [5.41, 5.74) is 5.10. The van der Waals surface area contributed by atoms with Crippen LogP contribution in [0.5, 0.6) is 0 Å². The van der Waals surface area contributed by atoms with Crippen LogP contribution in [-0.2, 0) is 5.33 Å². The Bertz CT molecular complexity index is 694. The Kier molecular flexibility index (Phi) is 3.88. The van der Waals surface area contributed by atoms with Crippen molar-refractivity contribution in [3.05, 3.63) is 72.6 Å². The molecule has 1 aromatic carbocycles. The van der Waals surface area contributed by atoms with Gasteiger partial charge in [-0.2, -0.15) is 0 Å². The average Bonchev–Trinajstić information content (AvgIpc) is 2.56. The Morgan fingerprint density at radius 1 is 0.750 bits per heavy atom. The van der Waals surface area contributed by atoms with Gasteiger partial charge in [-0.15, -0.1) is 0 Å². The van der Waals surface area contributed by atoms with Gasteiger partial charge in [0.15, 0.2) is 0 Å². The van der Waals surface area contributed by atoms with Crippen LogP contribution in [0.2, 0.25) is 0 Å². The lowest BCUT2D eigenvalue weighted by molar-refractivity contribution is 1.16. The van der Waals surface area contributed by atoms with E-state index in [9.17, 15) is 0 Å². The number of halogens is 1. The highest BCUT2D eigenvalue weighted by atomic mass is 79.9. The Balaban J connectivity index is 1.93. The van der Waals surface area contributed by atoms with E-state index in [1.807, 2.05) is 48.7 Å². The second kappa shape index (κ2) is 5.97. The van der Waals surface area contributed by atoms with Gasteiger partial charge in [0, 0.05) is 17.1 Å². The maximum absolute atomic E-state index is 4.55. The van der Waals surface area contributed by atoms with Crippen LogP contribution in [0.15, 0.2) is 66.9 Å². The van der Waals surface area contributed by atoms with Crippen LogP contribution >= 0.6 is 15.9 Å². The molecule has 3 heteroatoms. The van der Waals surface area contributed by atoms with Gasteiger partial charge in [-0.05, 0) is 23.8 Å². The molecule has 0 spiro atoms. The molecule has 0 saturated heterocycles. The summed E-state index contributed by atoms with van der Waals surface area (Å²) in [6.07, 6.45) is 1.90. The first-order valence-electron chi connectivity index (χ1n) is 6.40. The third-order valence-electron chi connectivity index (χ3n) is 3.08. The van der Waals surface area contributed by atoms with Gasteiger partial charge >= 0.3 is 0 Å². The molecule has 20 heavy (non-hydrogen) atoms. The van der Waals surface area contributed by atoms with Gasteiger partial charge in [-0.1, -0.05) is 58.4 Å². The predicted molar refractivity (Wildman–Crippen MR) is 85.5 cm³/mol. The molecule has 2 nitrogen and oxygen atoms in total. The topological polar surface area (TPSA) is 25.8 Å². The maximum atomic E-state index is 4.55. The van der Waals surface area contributed by atoms with Crippen LogP contribution in [0.1, 0.15) is 5.69 Å². The van der Waals surface area contributed by atoms with Gasteiger partial charge in [-0.3, -0.25) is 9.97 Å². The second-order valence-electron chi connectivity index (χ2n) is 4.45. The normalized spacial score (nSPS) is 10.4. The van der Waals surface area contributed by atoms with E-state index in [0.29, 0.717) is 0 Å². The first-order chi connectivity index (χ1) is 9.86. The molecule has 0 atom stereocenters. The van der Waals surface area contributed by atoms with Crippen molar-refractivity contribution in [1.29, 1.82) is 0 Å². The van der Waals surface area contributed by atoms with E-state index in [4.69, 9.17) is 0 Å². The minimum Gasteiger partial charge on any atom is -0.254 e. The lowest BCUT2D eigenvalue weighted by Gasteiger charge is -2.04. The van der Waals surface area contributed by atoms with Crippen molar-refractivity contribution in [2.75, 3.05) is 0 Å². The van der Waals surface area contributed by atoms with Crippen molar-refractivity contribution in [2.24, 2.45) is 0 Å². The number of hydrogen-bond acceptors (Lipinski definition) is 2. The number of benzene rings is 1. The van der Waals surface area contributed by atoms with Crippen molar-refractivity contribution in [2.45, 2.75) is 5.33 Å². The first-order valence-corrected chi connectivity index (χ1v) is 7.53. The molecule has 0 aliphatic heterocycles. The zero-order valence-corrected chi connectivity index (χ0v) is 12.4. The Morgan fingerprint density at radius 2 is 1.60 bits per heavy atom. The third-order valence-corrected chi connectivity index (χ3v) is 3.65. The minimum atomic E-state index is 0.753. The molecule has 0 saturated carbocycles. The van der Waals surface area contributed by atoms with Gasteiger partial charge in [0.05, 0.1) is 17.1 Å². The molecule has 2 aromatic heterocycles. The van der Waals surface area contributed by atoms with Crippen LogP contribution < -0.4 is 0 Å². The lowest BCUT2D eigenvalue weighted by Crippen LogP contribution is -1.91. The number of alkyl halides is 1. The molecular formula is C17H13BrN2. The molecule has 3 rings (SSSR count). The molecule has 98 valence electrons. The van der Waals surface area contributed by atoms with Crippen molar-refractivity contribution >= 4 is 15.9 Å². The summed E-state index contributed by atoms with van der Waals surface area (Å²) in [5.74, 6) is 0. The van der Waals surface area contributed by atoms with Crippen molar-refractivity contribution in [1.82, 2.24) is 9.97 Å². The van der Waals surface area contributed by atoms with Crippen LogP contribution in [0, 0.1) is 0 Å². The molecule has 0 N–H and O–H groups in total. The van der Waals surface area contributed by atoms with Crippen LogP contribution in [0.3, 0.4) is 0 Å². The predicted octanol–water partition coefficient (Wildman–Crippen LogP) is 4.71. The molecule has 2 heterocycles. The van der Waals surface area contributed by atoms with E-state index in [2.05, 4.69) is 44.1 Å². The van der Waals surface area contributed by atoms with Gasteiger partial charge in [0.1, 0.15) is 0 Å². The summed E-state index contributed by atoms with van der Waals surface area (Å²) in [7, 11) is 0. The third kappa shape index (κ3) is 2.78. The molecule has 3 aromatic rings. The maximum Gasteiger partial charge on any atom is 0.0889 e. The SMILES string of the molecule is BrCc1cccc(-c2ccc(-c3ccccc3)cn2)n1. The van der Waals surface area contributed by atoms with Gasteiger partial charge in [0.25, 0.3) is 0 Å². The van der Waals surface area contributed by atoms with Crippen LogP contribution in [0.4, 0.5) is 0 Å². The Hall–Kier alpha value is -2.00. The smallest absolute Gasteiger partial charge is 0.0889 e. The zero-order chi connectivity index (χ0) is 13.8. The van der Waals surface area contributed by atoms with Crippen molar-refractivity contribution in [3.8, 4) is 22.5 Å². The molecule has 0 aliphatic rings. The van der Waals surface area contributed by atoms with E-state index < -0.39 is 0 Å². The molecule has 0 fully saturated rings. The number of nitrogens with zero attached hydrogens (tertiary/aromatic N) is 2. The Labute approximate surface area is 126 Å². The molecule has 0 radical (unpaired) electrons. The molecular weight excluding hydrogens is 312 g/mol. The van der Waals surface area contributed by atoms with Gasteiger partial charge in [-0.25, -0.2) is 0 Å². The number of rotatable bonds is 3. The lowest BCUT2D eigenvalue weighted by atomic mass is 10.1. The van der Waals surface area contributed by atoms with Crippen molar-refractivity contribution in [3.63, 3.8) is 0 Å². The summed E-state index contributed by atoms with van der Waals surface area (Å²) in [6, 6.07) is 20.3. The standard InChI is InChI=1S/C17H13BrN2/c18-11-15-7-4-8-17(20-15)16-10-9-14(12-19-16)13-5-2-1-3-6-13/h1-10,12H,11H2. The second-order valence-corrected chi connectivity index (χ2v) is 5.01. The Morgan fingerprint density at radius 3 is 2.30 bits per heavy atom. The minimum absolute atomic E-state index is 0.753. The summed E-state index contributed by atoms with van der Waals surface area (Å²) < 4.78 is 0. The summed E-state index contributed by atoms with van der Waals surface area (Å²) in [6.45, 7) is 0. The first kappa shape index (κ1) is 13.0. The van der Waals surface area contributed by atoms with E-state index in [0.717, 1.165) is 28.0 Å². The van der Waals surface area contributed by atoms with Crippen LogP contribution in [-0.4, -0.2) is 9.97 Å². The summed E-state index contributed by atoms with van der Waals surface area (Å²) in [5, 5.41) is 0.753. The monoisotopic (exact) mass is 324 g/mol. The summed E-state index contributed by atoms with van der Waals surface area (Å²) in [4.78, 5) is 9.08. The van der Waals surface area contributed by atoms with Crippen LogP contribution in [0.25, 0.3) is 22.5 Å². The van der Waals surface area contributed by atoms with Gasteiger partial charge < -0.3 is 0 Å². The fourth-order valence-electron chi connectivity index (χ4n) is 2.04. The van der Waals surface area contributed by atoms with Gasteiger partial charge in [0.2, 0.25) is 0 Å². The van der Waals surface area contributed by atoms with E-state index in [1.165, 1.54) is 5.56 Å². The van der Waals surface area contributed by atoms with E-state index >= 15 is 0 Å². The van der Waals surface area contributed by atoms with Crippen molar-refractivity contribution < 1.29 is 0 Å². The zero-order valence-electron chi connectivity index (χ0n) is 10.8. The quantitative estimate of drug-likeness (QED) is 0.652. The average molecular weight is 325 g/mol. The van der Waals surface area contributed by atoms with E-state index in [-0.39, 0.29) is 0 Å². The fraction of sp³-hybridized carbons (Fsp3) is 0.0588. The molecule has 0 aliphatic carbocycles. The highest BCUT2D eigenvalue weighted by molar-refractivity contribution is 9.08. The largest absolute Gasteiger partial charge is 0.254 e. The molecule has 0 bridgehead atoms. The highest BCUT2D eigenvalue weighted by Gasteiger charge is 2.03. The highest BCUT2D eigenvalue weighted by Crippen LogP contribution is 2.21. The number of pyridine rings is 2. The number of aromatic nitrogens is 2.